The molecule has 1 aromatic rings. The molecule has 0 aromatic heterocycles. The van der Waals surface area contributed by atoms with Crippen LogP contribution >= 0.6 is 0 Å². The lowest BCUT2D eigenvalue weighted by Crippen LogP contribution is -2.29. The van der Waals surface area contributed by atoms with Crippen LogP contribution in [0.5, 0.6) is 5.75 Å². The van der Waals surface area contributed by atoms with E-state index in [0.717, 1.165) is 18.7 Å². The molecule has 0 saturated carbocycles. The molecule has 0 fully saturated rings. The van der Waals surface area contributed by atoms with Crippen LogP contribution in [0.15, 0.2) is 18.2 Å². The molecule has 2 heteroatoms. The molecule has 0 amide bonds. The molecule has 1 N–H and O–H groups in total. The molecule has 0 bridgehead atoms. The molecule has 2 nitrogen and oxygen atoms in total. The Morgan fingerprint density at radius 3 is 3.07 bits per heavy atom. The van der Waals surface area contributed by atoms with Gasteiger partial charge in [0.15, 0.2) is 0 Å². The fourth-order valence-corrected chi connectivity index (χ4v) is 2.30. The maximum atomic E-state index is 5.26. The number of nitrogens with one attached hydrogen (secondary N) is 1. The van der Waals surface area contributed by atoms with Crippen molar-refractivity contribution in [3.63, 3.8) is 0 Å². The number of hydrogen-bond acceptors (Lipinski definition) is 2. The molecule has 0 aliphatic carbocycles. The van der Waals surface area contributed by atoms with Crippen LogP contribution in [0.2, 0.25) is 0 Å². The van der Waals surface area contributed by atoms with Crippen molar-refractivity contribution in [2.24, 2.45) is 0 Å². The average molecular weight is 205 g/mol. The van der Waals surface area contributed by atoms with Gasteiger partial charge in [0.05, 0.1) is 7.11 Å². The molecular formula is C13H19NO. The van der Waals surface area contributed by atoms with E-state index in [-0.39, 0.29) is 0 Å². The van der Waals surface area contributed by atoms with Crippen LogP contribution in [0.1, 0.15) is 36.9 Å². The van der Waals surface area contributed by atoms with E-state index < -0.39 is 0 Å². The average Bonchev–Trinajstić information content (AvgIpc) is 2.29. The summed E-state index contributed by atoms with van der Waals surface area (Å²) in [6.45, 7) is 3.32. The van der Waals surface area contributed by atoms with Crippen LogP contribution < -0.4 is 10.1 Å². The molecule has 1 unspecified atom stereocenters. The van der Waals surface area contributed by atoms with Gasteiger partial charge in [0.1, 0.15) is 5.75 Å². The van der Waals surface area contributed by atoms with Gasteiger partial charge in [-0.3, -0.25) is 0 Å². The van der Waals surface area contributed by atoms with Crippen LogP contribution in [0.25, 0.3) is 0 Å². The second-order valence-electron chi connectivity index (χ2n) is 4.11. The highest BCUT2D eigenvalue weighted by Gasteiger charge is 2.18. The predicted molar refractivity (Wildman–Crippen MR) is 62.3 cm³/mol. The Bertz CT molecular complexity index is 335. The Balaban J connectivity index is 2.28. The van der Waals surface area contributed by atoms with Crippen molar-refractivity contribution < 1.29 is 4.74 Å². The van der Waals surface area contributed by atoms with Crippen molar-refractivity contribution in [2.45, 2.75) is 32.2 Å². The van der Waals surface area contributed by atoms with Gasteiger partial charge in [-0.05, 0) is 42.6 Å². The van der Waals surface area contributed by atoms with Crippen LogP contribution in [-0.4, -0.2) is 13.7 Å². The SMILES string of the molecule is CCCC1NCCc2cc(OC)ccc21. The van der Waals surface area contributed by atoms with Gasteiger partial charge in [-0.1, -0.05) is 19.4 Å². The second kappa shape index (κ2) is 4.67. The summed E-state index contributed by atoms with van der Waals surface area (Å²) >= 11 is 0. The van der Waals surface area contributed by atoms with E-state index >= 15 is 0 Å². The molecule has 1 aliphatic rings. The molecule has 0 spiro atoms. The van der Waals surface area contributed by atoms with E-state index in [1.165, 1.54) is 24.0 Å². The largest absolute Gasteiger partial charge is 0.497 e. The quantitative estimate of drug-likeness (QED) is 0.819. The number of methoxy groups -OCH3 is 1. The van der Waals surface area contributed by atoms with Gasteiger partial charge in [0.2, 0.25) is 0 Å². The van der Waals surface area contributed by atoms with Crippen molar-refractivity contribution >= 4 is 0 Å². The Hall–Kier alpha value is -1.02. The molecule has 1 heterocycles. The number of benzene rings is 1. The number of hydrogen-bond donors (Lipinski definition) is 1. The van der Waals surface area contributed by atoms with Gasteiger partial charge in [-0.15, -0.1) is 0 Å². The zero-order chi connectivity index (χ0) is 10.7. The van der Waals surface area contributed by atoms with E-state index in [1.807, 2.05) is 0 Å². The number of rotatable bonds is 3. The van der Waals surface area contributed by atoms with Gasteiger partial charge in [-0.25, -0.2) is 0 Å². The van der Waals surface area contributed by atoms with E-state index in [2.05, 4.69) is 30.4 Å². The van der Waals surface area contributed by atoms with Crippen LogP contribution in [-0.2, 0) is 6.42 Å². The molecule has 1 aromatic carbocycles. The van der Waals surface area contributed by atoms with Crippen molar-refractivity contribution in [1.82, 2.24) is 5.32 Å². The van der Waals surface area contributed by atoms with Crippen molar-refractivity contribution in [3.8, 4) is 5.75 Å². The van der Waals surface area contributed by atoms with Crippen molar-refractivity contribution in [1.29, 1.82) is 0 Å². The first-order valence-corrected chi connectivity index (χ1v) is 5.75. The summed E-state index contributed by atoms with van der Waals surface area (Å²) in [5.41, 5.74) is 2.91. The maximum Gasteiger partial charge on any atom is 0.119 e. The highest BCUT2D eigenvalue weighted by Crippen LogP contribution is 2.29. The normalized spacial score (nSPS) is 19.7. The first kappa shape index (κ1) is 10.5. The summed E-state index contributed by atoms with van der Waals surface area (Å²) in [5.74, 6) is 0.978. The van der Waals surface area contributed by atoms with Gasteiger partial charge in [0, 0.05) is 6.04 Å². The first-order valence-electron chi connectivity index (χ1n) is 5.75. The van der Waals surface area contributed by atoms with Gasteiger partial charge in [-0.2, -0.15) is 0 Å². The fourth-order valence-electron chi connectivity index (χ4n) is 2.30. The molecular weight excluding hydrogens is 186 g/mol. The minimum atomic E-state index is 0.546. The van der Waals surface area contributed by atoms with E-state index in [0.29, 0.717) is 6.04 Å². The highest BCUT2D eigenvalue weighted by molar-refractivity contribution is 5.39. The summed E-state index contributed by atoms with van der Waals surface area (Å²) in [6.07, 6.45) is 3.56. The monoisotopic (exact) mass is 205 g/mol. The molecule has 0 saturated heterocycles. The van der Waals surface area contributed by atoms with E-state index in [4.69, 9.17) is 4.74 Å². The topological polar surface area (TPSA) is 21.3 Å². The highest BCUT2D eigenvalue weighted by atomic mass is 16.5. The van der Waals surface area contributed by atoms with Crippen LogP contribution in [0, 0.1) is 0 Å². The van der Waals surface area contributed by atoms with Crippen LogP contribution in [0.4, 0.5) is 0 Å². The Morgan fingerprint density at radius 2 is 2.33 bits per heavy atom. The minimum Gasteiger partial charge on any atom is -0.497 e. The van der Waals surface area contributed by atoms with E-state index in [9.17, 15) is 0 Å². The third-order valence-electron chi connectivity index (χ3n) is 3.09. The predicted octanol–water partition coefficient (Wildman–Crippen LogP) is 2.68. The summed E-state index contributed by atoms with van der Waals surface area (Å²) in [7, 11) is 1.73. The standard InChI is InChI=1S/C13H19NO/c1-3-4-13-12-6-5-11(15-2)9-10(12)7-8-14-13/h5-6,9,13-14H,3-4,7-8H2,1-2H3. The molecule has 0 radical (unpaired) electrons. The zero-order valence-corrected chi connectivity index (χ0v) is 9.55. The smallest absolute Gasteiger partial charge is 0.119 e. The van der Waals surface area contributed by atoms with Crippen LogP contribution in [0.3, 0.4) is 0 Å². The van der Waals surface area contributed by atoms with Gasteiger partial charge < -0.3 is 10.1 Å². The second-order valence-corrected chi connectivity index (χ2v) is 4.11. The maximum absolute atomic E-state index is 5.26. The summed E-state index contributed by atoms with van der Waals surface area (Å²) < 4.78 is 5.26. The lowest BCUT2D eigenvalue weighted by molar-refractivity contribution is 0.411. The fraction of sp³-hybridized carbons (Fsp3) is 0.538. The van der Waals surface area contributed by atoms with Gasteiger partial charge in [0.25, 0.3) is 0 Å². The molecule has 2 rings (SSSR count). The minimum absolute atomic E-state index is 0.546. The molecule has 1 atom stereocenters. The van der Waals surface area contributed by atoms with E-state index in [1.54, 1.807) is 7.11 Å². The number of ether oxygens (including phenoxy) is 1. The lowest BCUT2D eigenvalue weighted by atomic mass is 9.92. The third kappa shape index (κ3) is 2.15. The first-order chi connectivity index (χ1) is 7.35. The summed E-state index contributed by atoms with van der Waals surface area (Å²) in [6, 6.07) is 7.00. The Morgan fingerprint density at radius 1 is 1.47 bits per heavy atom. The lowest BCUT2D eigenvalue weighted by Gasteiger charge is -2.27. The summed E-state index contributed by atoms with van der Waals surface area (Å²) in [4.78, 5) is 0. The third-order valence-corrected chi connectivity index (χ3v) is 3.09. The Labute approximate surface area is 91.6 Å². The van der Waals surface area contributed by atoms with Crippen molar-refractivity contribution in [2.75, 3.05) is 13.7 Å². The molecule has 1 aliphatic heterocycles. The van der Waals surface area contributed by atoms with Crippen molar-refractivity contribution in [3.05, 3.63) is 29.3 Å². The number of fused-ring (bicyclic) bond motifs is 1. The molecule has 15 heavy (non-hydrogen) atoms. The van der Waals surface area contributed by atoms with Gasteiger partial charge >= 0.3 is 0 Å². The molecule has 82 valence electrons. The Kier molecular flexibility index (Phi) is 3.27. The zero-order valence-electron chi connectivity index (χ0n) is 9.55. The summed E-state index contributed by atoms with van der Waals surface area (Å²) in [5, 5.41) is 3.57.